The Hall–Kier alpha value is -1.68. The van der Waals surface area contributed by atoms with Gasteiger partial charge >= 0.3 is 5.97 Å². The molecule has 0 aliphatic carbocycles. The molecule has 4 heteroatoms. The van der Waals surface area contributed by atoms with E-state index in [1.54, 1.807) is 0 Å². The van der Waals surface area contributed by atoms with Crippen LogP contribution in [0, 0.1) is 19.8 Å². The minimum absolute atomic E-state index is 0.00805. The van der Waals surface area contributed by atoms with E-state index in [4.69, 9.17) is 9.47 Å². The molecule has 0 spiro atoms. The van der Waals surface area contributed by atoms with Crippen molar-refractivity contribution in [3.63, 3.8) is 0 Å². The summed E-state index contributed by atoms with van der Waals surface area (Å²) in [6.45, 7) is 5.92. The van der Waals surface area contributed by atoms with Crippen LogP contribution in [0.4, 0.5) is 0 Å². The van der Waals surface area contributed by atoms with Gasteiger partial charge in [0.1, 0.15) is 6.61 Å². The fourth-order valence-electron chi connectivity index (χ4n) is 2.78. The Morgan fingerprint density at radius 2 is 1.71 bits per heavy atom. The average molecular weight is 292 g/mol. The van der Waals surface area contributed by atoms with Crippen molar-refractivity contribution in [2.75, 3.05) is 20.8 Å². The van der Waals surface area contributed by atoms with Crippen molar-refractivity contribution < 1.29 is 19.1 Å². The topological polar surface area (TPSA) is 52.6 Å². The van der Waals surface area contributed by atoms with Gasteiger partial charge in [0, 0.05) is 19.4 Å². The van der Waals surface area contributed by atoms with Crippen molar-refractivity contribution in [3.8, 4) is 0 Å². The molecule has 0 heterocycles. The number of rotatable bonds is 7. The summed E-state index contributed by atoms with van der Waals surface area (Å²) in [4.78, 5) is 24.0. The predicted molar refractivity (Wildman–Crippen MR) is 81.3 cm³/mol. The van der Waals surface area contributed by atoms with E-state index in [0.29, 0.717) is 0 Å². The van der Waals surface area contributed by atoms with Crippen molar-refractivity contribution >= 4 is 11.8 Å². The number of Topliss-reactive ketones (excluding diaryl/α,β-unsaturated/α-hetero) is 1. The summed E-state index contributed by atoms with van der Waals surface area (Å²) in [6.07, 6.45) is 0.213. The average Bonchev–Trinajstić information content (AvgIpc) is 2.42. The second-order valence-corrected chi connectivity index (χ2v) is 5.44. The monoisotopic (exact) mass is 292 g/mol. The number of ketones is 1. The first-order chi connectivity index (χ1) is 9.92. The molecule has 0 bridgehead atoms. The summed E-state index contributed by atoms with van der Waals surface area (Å²) in [5, 5.41) is 0. The standard InChI is InChI=1S/C17H24O4/c1-11-7-6-8-12(2)16(11)17(14(18)10-20-4)13(3)9-15(19)21-5/h6-8,13,17H,9-10H2,1-5H3/t13-,17?/m1/s1. The number of methoxy groups -OCH3 is 2. The first-order valence-corrected chi connectivity index (χ1v) is 7.06. The van der Waals surface area contributed by atoms with Crippen LogP contribution in [-0.4, -0.2) is 32.6 Å². The Bertz CT molecular complexity index is 487. The van der Waals surface area contributed by atoms with Crippen LogP contribution < -0.4 is 0 Å². The van der Waals surface area contributed by atoms with E-state index >= 15 is 0 Å². The molecular formula is C17H24O4. The molecule has 1 aromatic carbocycles. The maximum Gasteiger partial charge on any atom is 0.305 e. The highest BCUT2D eigenvalue weighted by Gasteiger charge is 2.30. The van der Waals surface area contributed by atoms with E-state index in [1.807, 2.05) is 39.0 Å². The van der Waals surface area contributed by atoms with Crippen molar-refractivity contribution in [3.05, 3.63) is 34.9 Å². The van der Waals surface area contributed by atoms with Crippen LogP contribution in [0.5, 0.6) is 0 Å². The first kappa shape index (κ1) is 17.4. The van der Waals surface area contributed by atoms with Gasteiger partial charge < -0.3 is 9.47 Å². The zero-order valence-electron chi connectivity index (χ0n) is 13.4. The van der Waals surface area contributed by atoms with E-state index in [1.165, 1.54) is 14.2 Å². The first-order valence-electron chi connectivity index (χ1n) is 7.06. The van der Waals surface area contributed by atoms with Crippen molar-refractivity contribution in [2.45, 2.75) is 33.1 Å². The van der Waals surface area contributed by atoms with Crippen LogP contribution in [0.2, 0.25) is 0 Å². The number of hydrogen-bond donors (Lipinski definition) is 0. The quantitative estimate of drug-likeness (QED) is 0.725. The summed E-state index contributed by atoms with van der Waals surface area (Å²) >= 11 is 0. The second kappa shape index (κ2) is 7.93. The maximum absolute atomic E-state index is 12.5. The Labute approximate surface area is 126 Å². The summed E-state index contributed by atoms with van der Waals surface area (Å²) in [6, 6.07) is 5.94. The highest BCUT2D eigenvalue weighted by atomic mass is 16.5. The molecule has 2 atom stereocenters. The Kier molecular flexibility index (Phi) is 6.56. The lowest BCUT2D eigenvalue weighted by Gasteiger charge is -2.25. The largest absolute Gasteiger partial charge is 0.469 e. The van der Waals surface area contributed by atoms with Gasteiger partial charge in [0.15, 0.2) is 5.78 Å². The number of carbonyl (C=O) groups excluding carboxylic acids is 2. The van der Waals surface area contributed by atoms with Crippen molar-refractivity contribution in [2.24, 2.45) is 5.92 Å². The Morgan fingerprint density at radius 1 is 1.14 bits per heavy atom. The van der Waals surface area contributed by atoms with Gasteiger partial charge in [-0.3, -0.25) is 9.59 Å². The zero-order valence-corrected chi connectivity index (χ0v) is 13.4. The van der Waals surface area contributed by atoms with Crippen LogP contribution in [0.25, 0.3) is 0 Å². The maximum atomic E-state index is 12.5. The smallest absolute Gasteiger partial charge is 0.305 e. The normalized spacial score (nSPS) is 13.6. The van der Waals surface area contributed by atoms with Gasteiger partial charge in [-0.1, -0.05) is 25.1 Å². The molecule has 0 saturated heterocycles. The Balaban J connectivity index is 3.19. The number of carbonyl (C=O) groups is 2. The third-order valence-electron chi connectivity index (χ3n) is 3.77. The van der Waals surface area contributed by atoms with Crippen LogP contribution in [0.1, 0.15) is 36.0 Å². The highest BCUT2D eigenvalue weighted by molar-refractivity contribution is 5.88. The number of benzene rings is 1. The van der Waals surface area contributed by atoms with Gasteiger partial charge in [0.2, 0.25) is 0 Å². The van der Waals surface area contributed by atoms with E-state index in [2.05, 4.69) is 0 Å². The van der Waals surface area contributed by atoms with E-state index in [0.717, 1.165) is 16.7 Å². The molecule has 0 saturated carbocycles. The van der Waals surface area contributed by atoms with Gasteiger partial charge in [-0.2, -0.15) is 0 Å². The van der Waals surface area contributed by atoms with Crippen molar-refractivity contribution in [1.29, 1.82) is 0 Å². The summed E-state index contributed by atoms with van der Waals surface area (Å²) in [5.41, 5.74) is 3.11. The third-order valence-corrected chi connectivity index (χ3v) is 3.77. The molecule has 0 amide bonds. The van der Waals surface area contributed by atoms with Gasteiger partial charge in [-0.25, -0.2) is 0 Å². The van der Waals surface area contributed by atoms with Crippen molar-refractivity contribution in [1.82, 2.24) is 0 Å². The molecule has 0 fully saturated rings. The number of hydrogen-bond acceptors (Lipinski definition) is 4. The second-order valence-electron chi connectivity index (χ2n) is 5.44. The van der Waals surface area contributed by atoms with Gasteiger partial charge in [-0.15, -0.1) is 0 Å². The molecule has 4 nitrogen and oxygen atoms in total. The minimum Gasteiger partial charge on any atom is -0.469 e. The molecule has 1 unspecified atom stereocenters. The fraction of sp³-hybridized carbons (Fsp3) is 0.529. The lowest BCUT2D eigenvalue weighted by Crippen LogP contribution is -2.27. The van der Waals surface area contributed by atoms with Crippen LogP contribution in [0.3, 0.4) is 0 Å². The van der Waals surface area contributed by atoms with Gasteiger partial charge in [0.25, 0.3) is 0 Å². The summed E-state index contributed by atoms with van der Waals surface area (Å²) < 4.78 is 9.73. The lowest BCUT2D eigenvalue weighted by molar-refractivity contribution is -0.142. The fourth-order valence-corrected chi connectivity index (χ4v) is 2.78. The van der Waals surface area contributed by atoms with Crippen LogP contribution in [0.15, 0.2) is 18.2 Å². The van der Waals surface area contributed by atoms with Gasteiger partial charge in [0.05, 0.1) is 7.11 Å². The molecule has 0 aliphatic heterocycles. The van der Waals surface area contributed by atoms with E-state index in [-0.39, 0.29) is 36.6 Å². The minimum atomic E-state index is -0.356. The SMILES string of the molecule is COCC(=O)C(c1c(C)cccc1C)[C@H](C)CC(=O)OC. The highest BCUT2D eigenvalue weighted by Crippen LogP contribution is 2.33. The number of aryl methyl sites for hydroxylation is 2. The predicted octanol–water partition coefficient (Wildman–Crippen LogP) is 2.80. The van der Waals surface area contributed by atoms with Crippen LogP contribution >= 0.6 is 0 Å². The van der Waals surface area contributed by atoms with E-state index in [9.17, 15) is 9.59 Å². The third kappa shape index (κ3) is 4.39. The number of esters is 1. The number of ether oxygens (including phenoxy) is 2. The molecule has 1 rings (SSSR count). The lowest BCUT2D eigenvalue weighted by atomic mass is 9.78. The molecular weight excluding hydrogens is 268 g/mol. The summed E-state index contributed by atoms with van der Waals surface area (Å²) in [5.74, 6) is -0.805. The molecule has 1 aromatic rings. The summed E-state index contributed by atoms with van der Waals surface area (Å²) in [7, 11) is 2.87. The zero-order chi connectivity index (χ0) is 16.0. The molecule has 0 aromatic heterocycles. The van der Waals surface area contributed by atoms with E-state index < -0.39 is 0 Å². The van der Waals surface area contributed by atoms with Gasteiger partial charge in [-0.05, 0) is 36.5 Å². The molecule has 0 N–H and O–H groups in total. The molecule has 0 radical (unpaired) electrons. The molecule has 0 aliphatic rings. The molecule has 116 valence electrons. The van der Waals surface area contributed by atoms with Crippen LogP contribution in [-0.2, 0) is 19.1 Å². The molecule has 21 heavy (non-hydrogen) atoms. The Morgan fingerprint density at radius 3 is 2.19 bits per heavy atom.